The molecule has 1 aromatic rings. The van der Waals surface area contributed by atoms with Crippen LogP contribution in [0.25, 0.3) is 0 Å². The molecule has 0 spiro atoms. The van der Waals surface area contributed by atoms with Gasteiger partial charge in [0.25, 0.3) is 0 Å². The quantitative estimate of drug-likeness (QED) is 0.677. The lowest BCUT2D eigenvalue weighted by Crippen LogP contribution is -2.31. The van der Waals surface area contributed by atoms with Gasteiger partial charge in [-0.1, -0.05) is 23.4 Å². The molecule has 2 rings (SSSR count). The predicted octanol–water partition coefficient (Wildman–Crippen LogP) is 1.94. The van der Waals surface area contributed by atoms with E-state index in [0.29, 0.717) is 13.0 Å². The van der Waals surface area contributed by atoms with Gasteiger partial charge in [-0.15, -0.1) is 0 Å². The fourth-order valence-electron chi connectivity index (χ4n) is 2.48. The minimum Gasteiger partial charge on any atom is -0.411 e. The first-order valence-corrected chi connectivity index (χ1v) is 6.89. The van der Waals surface area contributed by atoms with E-state index in [-0.39, 0.29) is 5.91 Å². The van der Waals surface area contributed by atoms with E-state index in [1.807, 2.05) is 24.3 Å². The van der Waals surface area contributed by atoms with Crippen molar-refractivity contribution in [2.24, 2.45) is 5.16 Å². The maximum atomic E-state index is 11.7. The largest absolute Gasteiger partial charge is 0.411 e. The van der Waals surface area contributed by atoms with Gasteiger partial charge in [0, 0.05) is 44.9 Å². The number of benzene rings is 1. The molecule has 1 heterocycles. The third-order valence-corrected chi connectivity index (χ3v) is 3.61. The smallest absolute Gasteiger partial charge is 0.223 e. The SMILES string of the molecule is CN(C)C(=O)CCN1CCC/C(=N/O)c2ccccc21. The molecule has 1 N–H and O–H groups in total. The van der Waals surface area contributed by atoms with Crippen LogP contribution in [0.5, 0.6) is 0 Å². The zero-order valence-corrected chi connectivity index (χ0v) is 12.0. The van der Waals surface area contributed by atoms with E-state index in [0.717, 1.165) is 36.3 Å². The zero-order chi connectivity index (χ0) is 14.5. The molecule has 0 saturated carbocycles. The van der Waals surface area contributed by atoms with E-state index in [1.54, 1.807) is 19.0 Å². The predicted molar refractivity (Wildman–Crippen MR) is 79.5 cm³/mol. The minimum absolute atomic E-state index is 0.128. The molecule has 5 heteroatoms. The molecule has 0 aliphatic carbocycles. The maximum Gasteiger partial charge on any atom is 0.223 e. The highest BCUT2D eigenvalue weighted by Gasteiger charge is 2.20. The lowest BCUT2D eigenvalue weighted by Gasteiger charge is -2.25. The molecule has 1 amide bonds. The zero-order valence-electron chi connectivity index (χ0n) is 12.0. The second kappa shape index (κ2) is 6.41. The summed E-state index contributed by atoms with van der Waals surface area (Å²) in [6, 6.07) is 7.90. The molecule has 1 aliphatic heterocycles. The standard InChI is InChI=1S/C15H21N3O2/c1-17(2)15(19)9-11-18-10-5-7-13(16-20)12-6-3-4-8-14(12)18/h3-4,6,8,20H,5,7,9-11H2,1-2H3/b16-13-. The second-order valence-electron chi connectivity index (χ2n) is 5.19. The van der Waals surface area contributed by atoms with Gasteiger partial charge in [0.15, 0.2) is 0 Å². The van der Waals surface area contributed by atoms with E-state index >= 15 is 0 Å². The fourth-order valence-corrected chi connectivity index (χ4v) is 2.48. The third-order valence-electron chi connectivity index (χ3n) is 3.61. The molecule has 0 saturated heterocycles. The monoisotopic (exact) mass is 275 g/mol. The highest BCUT2D eigenvalue weighted by atomic mass is 16.4. The Balaban J connectivity index is 2.20. The Morgan fingerprint density at radius 2 is 2.15 bits per heavy atom. The van der Waals surface area contributed by atoms with Crippen LogP contribution in [0.2, 0.25) is 0 Å². The molecule has 0 atom stereocenters. The van der Waals surface area contributed by atoms with Crippen molar-refractivity contribution in [3.63, 3.8) is 0 Å². The Morgan fingerprint density at radius 1 is 1.40 bits per heavy atom. The number of amides is 1. The lowest BCUT2D eigenvalue weighted by molar-refractivity contribution is -0.128. The topological polar surface area (TPSA) is 56.1 Å². The van der Waals surface area contributed by atoms with Crippen LogP contribution in [0.15, 0.2) is 29.4 Å². The van der Waals surface area contributed by atoms with Gasteiger partial charge in [0.1, 0.15) is 0 Å². The Labute approximate surface area is 119 Å². The number of hydrogen-bond acceptors (Lipinski definition) is 4. The molecule has 0 unspecified atom stereocenters. The van der Waals surface area contributed by atoms with Gasteiger partial charge < -0.3 is 15.0 Å². The van der Waals surface area contributed by atoms with Crippen molar-refractivity contribution in [1.29, 1.82) is 0 Å². The Bertz CT molecular complexity index is 512. The molecule has 5 nitrogen and oxygen atoms in total. The van der Waals surface area contributed by atoms with Gasteiger partial charge in [-0.25, -0.2) is 0 Å². The summed E-state index contributed by atoms with van der Waals surface area (Å²) in [5.74, 6) is 0.128. The number of carbonyl (C=O) groups is 1. The van der Waals surface area contributed by atoms with Crippen LogP contribution >= 0.6 is 0 Å². The Kier molecular flexibility index (Phi) is 4.61. The maximum absolute atomic E-state index is 11.7. The summed E-state index contributed by atoms with van der Waals surface area (Å²) in [6.07, 6.45) is 2.17. The number of para-hydroxylation sites is 1. The van der Waals surface area contributed by atoms with E-state index in [4.69, 9.17) is 5.21 Å². The van der Waals surface area contributed by atoms with Crippen LogP contribution in [0.4, 0.5) is 5.69 Å². The van der Waals surface area contributed by atoms with Crippen molar-refractivity contribution in [2.75, 3.05) is 32.1 Å². The number of hydrogen-bond donors (Lipinski definition) is 1. The van der Waals surface area contributed by atoms with E-state index in [1.165, 1.54) is 0 Å². The first-order valence-electron chi connectivity index (χ1n) is 6.89. The van der Waals surface area contributed by atoms with Crippen LogP contribution in [0.1, 0.15) is 24.8 Å². The Hall–Kier alpha value is -2.04. The molecule has 0 radical (unpaired) electrons. The van der Waals surface area contributed by atoms with Crippen LogP contribution < -0.4 is 4.90 Å². The van der Waals surface area contributed by atoms with Gasteiger partial charge >= 0.3 is 0 Å². The van der Waals surface area contributed by atoms with Crippen LogP contribution in [0.3, 0.4) is 0 Å². The summed E-state index contributed by atoms with van der Waals surface area (Å²) in [7, 11) is 3.55. The molecule has 108 valence electrons. The normalized spacial score (nSPS) is 16.7. The molecule has 20 heavy (non-hydrogen) atoms. The molecule has 0 bridgehead atoms. The number of rotatable bonds is 3. The van der Waals surface area contributed by atoms with Gasteiger partial charge in [0.05, 0.1) is 5.71 Å². The number of anilines is 1. The second-order valence-corrected chi connectivity index (χ2v) is 5.19. The third kappa shape index (κ3) is 3.10. The van der Waals surface area contributed by atoms with Gasteiger partial charge in [-0.2, -0.15) is 0 Å². The summed E-state index contributed by atoms with van der Waals surface area (Å²) in [4.78, 5) is 15.6. The van der Waals surface area contributed by atoms with E-state index in [2.05, 4.69) is 10.1 Å². The summed E-state index contributed by atoms with van der Waals surface area (Å²) in [6.45, 7) is 1.56. The first-order chi connectivity index (χ1) is 9.63. The number of oxime groups is 1. The first kappa shape index (κ1) is 14.4. The summed E-state index contributed by atoms with van der Waals surface area (Å²) < 4.78 is 0. The molecule has 0 aromatic heterocycles. The van der Waals surface area contributed by atoms with Gasteiger partial charge in [-0.05, 0) is 18.9 Å². The highest BCUT2D eigenvalue weighted by Crippen LogP contribution is 2.26. The van der Waals surface area contributed by atoms with Crippen LogP contribution in [-0.2, 0) is 4.79 Å². The summed E-state index contributed by atoms with van der Waals surface area (Å²) >= 11 is 0. The van der Waals surface area contributed by atoms with E-state index < -0.39 is 0 Å². The fraction of sp³-hybridized carbons (Fsp3) is 0.467. The van der Waals surface area contributed by atoms with E-state index in [9.17, 15) is 4.79 Å². The van der Waals surface area contributed by atoms with Crippen LogP contribution in [0, 0.1) is 0 Å². The van der Waals surface area contributed by atoms with Crippen molar-refractivity contribution in [2.45, 2.75) is 19.3 Å². The summed E-state index contributed by atoms with van der Waals surface area (Å²) in [5.41, 5.74) is 2.73. The molecule has 1 aromatic carbocycles. The number of nitrogens with zero attached hydrogens (tertiary/aromatic N) is 3. The molecular weight excluding hydrogens is 254 g/mol. The van der Waals surface area contributed by atoms with Crippen molar-refractivity contribution in [3.8, 4) is 0 Å². The lowest BCUT2D eigenvalue weighted by atomic mass is 10.1. The molecule has 0 fully saturated rings. The van der Waals surface area contributed by atoms with Crippen molar-refractivity contribution in [1.82, 2.24) is 4.90 Å². The number of carbonyl (C=O) groups excluding carboxylic acids is 1. The Morgan fingerprint density at radius 3 is 2.85 bits per heavy atom. The van der Waals surface area contributed by atoms with Gasteiger partial charge in [0.2, 0.25) is 5.91 Å². The molecular formula is C15H21N3O2. The highest BCUT2D eigenvalue weighted by molar-refractivity contribution is 6.05. The van der Waals surface area contributed by atoms with Crippen molar-refractivity contribution in [3.05, 3.63) is 29.8 Å². The summed E-state index contributed by atoms with van der Waals surface area (Å²) in [5, 5.41) is 12.6. The van der Waals surface area contributed by atoms with Crippen molar-refractivity contribution >= 4 is 17.3 Å². The minimum atomic E-state index is 0.128. The number of fused-ring (bicyclic) bond motifs is 1. The average Bonchev–Trinajstić information content (AvgIpc) is 2.63. The molecule has 1 aliphatic rings. The van der Waals surface area contributed by atoms with Gasteiger partial charge in [-0.3, -0.25) is 4.79 Å². The van der Waals surface area contributed by atoms with Crippen LogP contribution in [-0.4, -0.2) is 48.9 Å². The van der Waals surface area contributed by atoms with Crippen molar-refractivity contribution < 1.29 is 10.0 Å². The average molecular weight is 275 g/mol.